The Morgan fingerprint density at radius 1 is 1.41 bits per heavy atom. The molecule has 3 heteroatoms. The van der Waals surface area contributed by atoms with Crippen LogP contribution in [-0.2, 0) is 0 Å². The first kappa shape index (κ1) is 12.4. The number of piperidine rings is 1. The molecule has 0 spiro atoms. The summed E-state index contributed by atoms with van der Waals surface area (Å²) < 4.78 is 19.8. The number of aryl methyl sites for hydroxylation is 1. The van der Waals surface area contributed by atoms with Crippen molar-refractivity contribution in [3.05, 3.63) is 29.3 Å². The zero-order valence-corrected chi connectivity index (χ0v) is 10.5. The molecule has 0 aromatic heterocycles. The highest BCUT2D eigenvalue weighted by Crippen LogP contribution is 2.33. The van der Waals surface area contributed by atoms with Gasteiger partial charge in [-0.25, -0.2) is 4.39 Å². The molecule has 1 aliphatic heterocycles. The first-order chi connectivity index (χ1) is 8.22. The Morgan fingerprint density at radius 3 is 2.88 bits per heavy atom. The molecule has 1 aromatic carbocycles. The number of benzene rings is 1. The van der Waals surface area contributed by atoms with Crippen molar-refractivity contribution >= 4 is 0 Å². The number of hydrogen-bond acceptors (Lipinski definition) is 2. The monoisotopic (exact) mass is 237 g/mol. The molecule has 1 saturated heterocycles. The molecule has 2 atom stereocenters. The minimum atomic E-state index is -0.981. The van der Waals surface area contributed by atoms with Crippen LogP contribution in [0.4, 0.5) is 4.39 Å². The summed E-state index contributed by atoms with van der Waals surface area (Å²) in [6.07, 6.45) is 2.17. The molecule has 2 rings (SSSR count). The van der Waals surface area contributed by atoms with Gasteiger partial charge < -0.3 is 10.1 Å². The number of nitrogens with one attached hydrogen (secondary N) is 1. The lowest BCUT2D eigenvalue weighted by Gasteiger charge is -2.27. The van der Waals surface area contributed by atoms with Gasteiger partial charge in [0.1, 0.15) is 11.9 Å². The molecule has 0 amide bonds. The Labute approximate surface area is 102 Å². The Morgan fingerprint density at radius 2 is 2.24 bits per heavy atom. The quantitative estimate of drug-likeness (QED) is 0.872. The fourth-order valence-corrected chi connectivity index (χ4v) is 2.41. The van der Waals surface area contributed by atoms with Crippen LogP contribution in [0.1, 0.15) is 36.6 Å². The van der Waals surface area contributed by atoms with Gasteiger partial charge in [0.05, 0.1) is 7.11 Å². The molecule has 1 heterocycles. The van der Waals surface area contributed by atoms with Crippen LogP contribution in [0.15, 0.2) is 18.2 Å². The molecule has 1 aromatic rings. The summed E-state index contributed by atoms with van der Waals surface area (Å²) >= 11 is 0. The van der Waals surface area contributed by atoms with Crippen molar-refractivity contribution in [3.8, 4) is 5.75 Å². The van der Waals surface area contributed by atoms with Crippen LogP contribution in [0.25, 0.3) is 0 Å². The van der Waals surface area contributed by atoms with Crippen molar-refractivity contribution < 1.29 is 9.13 Å². The van der Waals surface area contributed by atoms with E-state index in [0.29, 0.717) is 11.3 Å². The van der Waals surface area contributed by atoms with Gasteiger partial charge in [-0.05, 0) is 38.4 Å². The van der Waals surface area contributed by atoms with E-state index in [1.165, 1.54) is 0 Å². The average Bonchev–Trinajstić information content (AvgIpc) is 2.39. The van der Waals surface area contributed by atoms with Crippen LogP contribution in [0, 0.1) is 6.92 Å². The first-order valence-electron chi connectivity index (χ1n) is 6.24. The van der Waals surface area contributed by atoms with Crippen molar-refractivity contribution in [2.75, 3.05) is 13.7 Å². The van der Waals surface area contributed by atoms with E-state index in [0.717, 1.165) is 31.4 Å². The van der Waals surface area contributed by atoms with Gasteiger partial charge in [0.15, 0.2) is 0 Å². The van der Waals surface area contributed by atoms with Crippen LogP contribution < -0.4 is 10.1 Å². The van der Waals surface area contributed by atoms with Gasteiger partial charge in [0.25, 0.3) is 0 Å². The molecule has 0 saturated carbocycles. The summed E-state index contributed by atoms with van der Waals surface area (Å²) in [5.74, 6) is 0.649. The van der Waals surface area contributed by atoms with Crippen molar-refractivity contribution in [1.82, 2.24) is 5.32 Å². The zero-order valence-electron chi connectivity index (χ0n) is 10.5. The SMILES string of the molecule is COc1ccc(C)cc1C(F)C1CCCCN1. The molecule has 1 N–H and O–H groups in total. The molecular formula is C14H20FNO. The fraction of sp³-hybridized carbons (Fsp3) is 0.571. The predicted octanol–water partition coefficient (Wildman–Crippen LogP) is 3.16. The third-order valence-corrected chi connectivity index (χ3v) is 3.38. The maximum Gasteiger partial charge on any atom is 0.144 e. The van der Waals surface area contributed by atoms with Gasteiger partial charge >= 0.3 is 0 Å². The van der Waals surface area contributed by atoms with E-state index in [9.17, 15) is 4.39 Å². The van der Waals surface area contributed by atoms with Crippen LogP contribution >= 0.6 is 0 Å². The van der Waals surface area contributed by atoms with E-state index in [4.69, 9.17) is 4.74 Å². The first-order valence-corrected chi connectivity index (χ1v) is 6.24. The highest BCUT2D eigenvalue weighted by molar-refractivity contribution is 5.39. The number of methoxy groups -OCH3 is 1. The summed E-state index contributed by atoms with van der Waals surface area (Å²) in [5, 5.41) is 3.26. The number of halogens is 1. The molecular weight excluding hydrogens is 217 g/mol. The lowest BCUT2D eigenvalue weighted by Crippen LogP contribution is -2.37. The number of rotatable bonds is 3. The fourth-order valence-electron chi connectivity index (χ4n) is 2.41. The summed E-state index contributed by atoms with van der Waals surface area (Å²) in [5.41, 5.74) is 1.74. The van der Waals surface area contributed by atoms with Crippen molar-refractivity contribution in [2.24, 2.45) is 0 Å². The second-order valence-electron chi connectivity index (χ2n) is 4.70. The van der Waals surface area contributed by atoms with E-state index in [1.807, 2.05) is 25.1 Å². The van der Waals surface area contributed by atoms with Crippen molar-refractivity contribution in [3.63, 3.8) is 0 Å². The largest absolute Gasteiger partial charge is 0.496 e. The standard InChI is InChI=1S/C14H20FNO/c1-10-6-7-13(17-2)11(9-10)14(15)12-5-3-4-8-16-12/h6-7,9,12,14,16H,3-5,8H2,1-2H3. The van der Waals surface area contributed by atoms with Crippen LogP contribution in [-0.4, -0.2) is 19.7 Å². The summed E-state index contributed by atoms with van der Waals surface area (Å²) in [7, 11) is 1.59. The molecule has 17 heavy (non-hydrogen) atoms. The molecule has 2 unspecified atom stereocenters. The van der Waals surface area contributed by atoms with Crippen LogP contribution in [0.3, 0.4) is 0 Å². The maximum absolute atomic E-state index is 14.5. The van der Waals surface area contributed by atoms with Crippen molar-refractivity contribution in [1.29, 1.82) is 0 Å². The Balaban J connectivity index is 2.21. The predicted molar refractivity (Wildman–Crippen MR) is 67.2 cm³/mol. The molecule has 2 nitrogen and oxygen atoms in total. The Hall–Kier alpha value is -1.09. The Kier molecular flexibility index (Phi) is 4.00. The number of alkyl halides is 1. The number of hydrogen-bond donors (Lipinski definition) is 1. The van der Waals surface area contributed by atoms with E-state index < -0.39 is 6.17 Å². The minimum Gasteiger partial charge on any atom is -0.496 e. The van der Waals surface area contributed by atoms with Gasteiger partial charge in [-0.2, -0.15) is 0 Å². The van der Waals surface area contributed by atoms with E-state index in [2.05, 4.69) is 5.32 Å². The average molecular weight is 237 g/mol. The molecule has 0 radical (unpaired) electrons. The molecule has 1 fully saturated rings. The third kappa shape index (κ3) is 2.78. The maximum atomic E-state index is 14.5. The van der Waals surface area contributed by atoms with Crippen LogP contribution in [0.5, 0.6) is 5.75 Å². The molecule has 94 valence electrons. The third-order valence-electron chi connectivity index (χ3n) is 3.38. The van der Waals surface area contributed by atoms with Crippen LogP contribution in [0.2, 0.25) is 0 Å². The lowest BCUT2D eigenvalue weighted by molar-refractivity contribution is 0.216. The number of ether oxygens (including phenoxy) is 1. The van der Waals surface area contributed by atoms with E-state index in [1.54, 1.807) is 7.11 Å². The van der Waals surface area contributed by atoms with Gasteiger partial charge in [0, 0.05) is 11.6 Å². The highest BCUT2D eigenvalue weighted by Gasteiger charge is 2.26. The van der Waals surface area contributed by atoms with Gasteiger partial charge in [0.2, 0.25) is 0 Å². The second-order valence-corrected chi connectivity index (χ2v) is 4.70. The van der Waals surface area contributed by atoms with Gasteiger partial charge in [-0.1, -0.05) is 18.1 Å². The molecule has 0 aliphatic carbocycles. The van der Waals surface area contributed by atoms with Gasteiger partial charge in [-0.3, -0.25) is 0 Å². The topological polar surface area (TPSA) is 21.3 Å². The lowest BCUT2D eigenvalue weighted by atomic mass is 9.94. The summed E-state index contributed by atoms with van der Waals surface area (Å²) in [6, 6.07) is 5.61. The Bertz CT molecular complexity index is 374. The van der Waals surface area contributed by atoms with E-state index >= 15 is 0 Å². The minimum absolute atomic E-state index is 0.0700. The zero-order chi connectivity index (χ0) is 12.3. The molecule has 1 aliphatic rings. The normalized spacial score (nSPS) is 22.2. The summed E-state index contributed by atoms with van der Waals surface area (Å²) in [4.78, 5) is 0. The van der Waals surface area contributed by atoms with E-state index in [-0.39, 0.29) is 6.04 Å². The van der Waals surface area contributed by atoms with Crippen molar-refractivity contribution in [2.45, 2.75) is 38.4 Å². The molecule has 0 bridgehead atoms. The van der Waals surface area contributed by atoms with Gasteiger partial charge in [-0.15, -0.1) is 0 Å². The second kappa shape index (κ2) is 5.50. The summed E-state index contributed by atoms with van der Waals surface area (Å²) in [6.45, 7) is 2.89. The smallest absolute Gasteiger partial charge is 0.144 e. The highest BCUT2D eigenvalue weighted by atomic mass is 19.1.